The summed E-state index contributed by atoms with van der Waals surface area (Å²) in [4.78, 5) is 4.43. The van der Waals surface area contributed by atoms with E-state index in [9.17, 15) is 4.39 Å². The molecular weight excluding hydrogens is 273 g/mol. The second-order valence-electron chi connectivity index (χ2n) is 5.10. The van der Waals surface area contributed by atoms with E-state index >= 15 is 0 Å². The van der Waals surface area contributed by atoms with Crippen LogP contribution in [0.3, 0.4) is 0 Å². The van der Waals surface area contributed by atoms with Gasteiger partial charge in [-0.15, -0.1) is 0 Å². The molecule has 3 nitrogen and oxygen atoms in total. The van der Waals surface area contributed by atoms with Crippen molar-refractivity contribution in [3.8, 4) is 0 Å². The summed E-state index contributed by atoms with van der Waals surface area (Å²) in [5.74, 6) is 0.509. The van der Waals surface area contributed by atoms with Crippen molar-refractivity contribution < 1.29 is 4.39 Å². The van der Waals surface area contributed by atoms with Crippen molar-refractivity contribution >= 4 is 17.7 Å². The Hall–Kier alpha value is -1.23. The van der Waals surface area contributed by atoms with Gasteiger partial charge in [0.2, 0.25) is 0 Å². The Morgan fingerprint density at radius 2 is 2.00 bits per heavy atom. The maximum absolute atomic E-state index is 13.5. The van der Waals surface area contributed by atoms with Gasteiger partial charge in [0, 0.05) is 23.4 Å². The highest BCUT2D eigenvalue weighted by Crippen LogP contribution is 2.19. The summed E-state index contributed by atoms with van der Waals surface area (Å²) in [6, 6.07) is 6.73. The lowest BCUT2D eigenvalue weighted by Gasteiger charge is -2.23. The Bertz CT molecular complexity index is 446. The molecule has 1 aromatic carbocycles. The number of hydrogen-bond acceptors (Lipinski definition) is 2. The number of aliphatic imine (C=N–C) groups is 1. The van der Waals surface area contributed by atoms with E-state index in [0.717, 1.165) is 19.0 Å². The van der Waals surface area contributed by atoms with E-state index in [1.807, 2.05) is 13.0 Å². The lowest BCUT2D eigenvalue weighted by atomic mass is 10.2. The van der Waals surface area contributed by atoms with Gasteiger partial charge in [0.1, 0.15) is 5.82 Å². The Labute approximate surface area is 125 Å². The van der Waals surface area contributed by atoms with Crippen molar-refractivity contribution in [3.63, 3.8) is 0 Å². The number of thioether (sulfide) groups is 1. The van der Waals surface area contributed by atoms with E-state index in [-0.39, 0.29) is 10.6 Å². The zero-order chi connectivity index (χ0) is 15.0. The Kier molecular flexibility index (Phi) is 6.85. The van der Waals surface area contributed by atoms with Crippen LogP contribution in [0.5, 0.6) is 0 Å². The molecule has 0 aliphatic heterocycles. The van der Waals surface area contributed by atoms with E-state index in [4.69, 9.17) is 0 Å². The third kappa shape index (κ3) is 5.82. The minimum Gasteiger partial charge on any atom is -0.357 e. The monoisotopic (exact) mass is 297 g/mol. The van der Waals surface area contributed by atoms with Gasteiger partial charge in [0.25, 0.3) is 0 Å². The normalized spacial score (nSPS) is 12.3. The van der Waals surface area contributed by atoms with Crippen molar-refractivity contribution in [1.82, 2.24) is 10.6 Å². The predicted molar refractivity (Wildman–Crippen MR) is 86.8 cm³/mol. The van der Waals surface area contributed by atoms with E-state index in [0.29, 0.717) is 12.1 Å². The first-order chi connectivity index (χ1) is 9.48. The van der Waals surface area contributed by atoms with E-state index in [1.165, 1.54) is 6.07 Å². The molecule has 0 spiro atoms. The molecule has 0 bridgehead atoms. The van der Waals surface area contributed by atoms with Gasteiger partial charge in [-0.2, -0.15) is 11.8 Å². The second kappa shape index (κ2) is 8.15. The summed E-state index contributed by atoms with van der Waals surface area (Å²) in [5.41, 5.74) is 0.605. The smallest absolute Gasteiger partial charge is 0.191 e. The first-order valence-corrected chi connectivity index (χ1v) is 8.01. The van der Waals surface area contributed by atoms with E-state index in [2.05, 4.69) is 35.7 Å². The van der Waals surface area contributed by atoms with Crippen molar-refractivity contribution in [2.45, 2.75) is 32.1 Å². The Morgan fingerprint density at radius 3 is 2.60 bits per heavy atom. The number of rotatable bonds is 6. The molecule has 0 atom stereocenters. The lowest BCUT2D eigenvalue weighted by molar-refractivity contribution is 0.609. The first kappa shape index (κ1) is 16.8. The zero-order valence-electron chi connectivity index (χ0n) is 12.7. The van der Waals surface area contributed by atoms with Gasteiger partial charge >= 0.3 is 0 Å². The highest BCUT2D eigenvalue weighted by Gasteiger charge is 2.16. The summed E-state index contributed by atoms with van der Waals surface area (Å²) in [7, 11) is 0. The molecule has 20 heavy (non-hydrogen) atoms. The van der Waals surface area contributed by atoms with Gasteiger partial charge in [0.15, 0.2) is 5.96 Å². The summed E-state index contributed by atoms with van der Waals surface area (Å²) in [5, 5.41) is 6.47. The van der Waals surface area contributed by atoms with Crippen LogP contribution in [0.4, 0.5) is 4.39 Å². The minimum atomic E-state index is -0.212. The van der Waals surface area contributed by atoms with Gasteiger partial charge in [-0.05, 0) is 33.1 Å². The standard InChI is InChI=1S/C15H24FN3S/c1-5-17-14(19-11-15(2,3)20-4)18-10-12-8-6-7-9-13(12)16/h6-9H,5,10-11H2,1-4H3,(H2,17,18,19). The molecule has 0 aliphatic carbocycles. The average Bonchev–Trinajstić information content (AvgIpc) is 2.43. The number of hydrogen-bond donors (Lipinski definition) is 2. The van der Waals surface area contributed by atoms with Crippen molar-refractivity contribution in [2.75, 3.05) is 19.3 Å². The Balaban J connectivity index is 2.66. The molecule has 0 aliphatic rings. The molecule has 1 rings (SSSR count). The first-order valence-electron chi connectivity index (χ1n) is 6.79. The van der Waals surface area contributed by atoms with Crippen molar-refractivity contribution in [2.24, 2.45) is 4.99 Å². The van der Waals surface area contributed by atoms with Crippen LogP contribution in [0.15, 0.2) is 29.3 Å². The molecule has 0 unspecified atom stereocenters. The predicted octanol–water partition coefficient (Wildman–Crippen LogP) is 3.02. The SMILES string of the molecule is CCNC(=NCc1ccccc1F)NCC(C)(C)SC. The van der Waals surface area contributed by atoms with Crippen LogP contribution in [0.25, 0.3) is 0 Å². The number of halogens is 1. The number of nitrogens with one attached hydrogen (secondary N) is 2. The number of guanidine groups is 1. The lowest BCUT2D eigenvalue weighted by Crippen LogP contribution is -2.43. The molecule has 112 valence electrons. The van der Waals surface area contributed by atoms with Crippen LogP contribution in [0, 0.1) is 5.82 Å². The summed E-state index contributed by atoms with van der Waals surface area (Å²) in [6.45, 7) is 8.28. The minimum absolute atomic E-state index is 0.133. The van der Waals surface area contributed by atoms with Crippen LogP contribution < -0.4 is 10.6 Å². The highest BCUT2D eigenvalue weighted by atomic mass is 32.2. The molecule has 2 N–H and O–H groups in total. The quantitative estimate of drug-likeness (QED) is 0.626. The van der Waals surface area contributed by atoms with E-state index in [1.54, 1.807) is 23.9 Å². The summed E-state index contributed by atoms with van der Waals surface area (Å²) >= 11 is 1.80. The summed E-state index contributed by atoms with van der Waals surface area (Å²) in [6.07, 6.45) is 2.09. The molecule has 0 saturated carbocycles. The molecular formula is C15H24FN3S. The van der Waals surface area contributed by atoms with Crippen LogP contribution in [0.2, 0.25) is 0 Å². The third-order valence-electron chi connectivity index (χ3n) is 2.94. The maximum atomic E-state index is 13.5. The second-order valence-corrected chi connectivity index (χ2v) is 6.62. The fourth-order valence-electron chi connectivity index (χ4n) is 1.50. The molecule has 5 heteroatoms. The number of benzene rings is 1. The van der Waals surface area contributed by atoms with Crippen LogP contribution >= 0.6 is 11.8 Å². The van der Waals surface area contributed by atoms with Gasteiger partial charge in [-0.3, -0.25) is 0 Å². The van der Waals surface area contributed by atoms with Gasteiger partial charge in [0.05, 0.1) is 6.54 Å². The van der Waals surface area contributed by atoms with Crippen LogP contribution in [0.1, 0.15) is 26.3 Å². The van der Waals surface area contributed by atoms with Crippen LogP contribution in [-0.2, 0) is 6.54 Å². The Morgan fingerprint density at radius 1 is 1.30 bits per heavy atom. The number of nitrogens with zero attached hydrogens (tertiary/aromatic N) is 1. The molecule has 1 aromatic rings. The molecule has 0 heterocycles. The van der Waals surface area contributed by atoms with E-state index < -0.39 is 0 Å². The third-order valence-corrected chi connectivity index (χ3v) is 4.19. The fourth-order valence-corrected chi connectivity index (χ4v) is 1.72. The fraction of sp³-hybridized carbons (Fsp3) is 0.533. The van der Waals surface area contributed by atoms with Gasteiger partial charge < -0.3 is 10.6 Å². The average molecular weight is 297 g/mol. The van der Waals surface area contributed by atoms with Crippen molar-refractivity contribution in [1.29, 1.82) is 0 Å². The van der Waals surface area contributed by atoms with Crippen molar-refractivity contribution in [3.05, 3.63) is 35.6 Å². The molecule has 0 saturated heterocycles. The topological polar surface area (TPSA) is 36.4 Å². The highest BCUT2D eigenvalue weighted by molar-refractivity contribution is 7.99. The maximum Gasteiger partial charge on any atom is 0.191 e. The molecule has 0 radical (unpaired) electrons. The van der Waals surface area contributed by atoms with Gasteiger partial charge in [-0.1, -0.05) is 18.2 Å². The largest absolute Gasteiger partial charge is 0.357 e. The molecule has 0 aromatic heterocycles. The summed E-state index contributed by atoms with van der Waals surface area (Å²) < 4.78 is 13.7. The molecule has 0 amide bonds. The molecule has 0 fully saturated rings. The van der Waals surface area contributed by atoms with Crippen LogP contribution in [-0.4, -0.2) is 30.1 Å². The van der Waals surface area contributed by atoms with Gasteiger partial charge in [-0.25, -0.2) is 9.38 Å². The zero-order valence-corrected chi connectivity index (χ0v) is 13.5.